The van der Waals surface area contributed by atoms with Gasteiger partial charge >= 0.3 is 6.18 Å². The molecule has 0 saturated heterocycles. The van der Waals surface area contributed by atoms with Crippen LogP contribution in [0, 0.1) is 5.82 Å². The lowest BCUT2D eigenvalue weighted by atomic mass is 10.1. The molecular formula is C33H27ClF4N4O. The van der Waals surface area contributed by atoms with Crippen LogP contribution in [0.25, 0.3) is 22.3 Å². The Morgan fingerprint density at radius 3 is 2.33 bits per heavy atom. The Kier molecular flexibility index (Phi) is 9.21. The van der Waals surface area contributed by atoms with Crippen molar-refractivity contribution in [3.05, 3.63) is 125 Å². The molecule has 0 saturated carbocycles. The second-order valence-electron chi connectivity index (χ2n) is 9.99. The van der Waals surface area contributed by atoms with E-state index in [-0.39, 0.29) is 31.2 Å². The zero-order chi connectivity index (χ0) is 30.4. The van der Waals surface area contributed by atoms with Crippen LogP contribution in [0.3, 0.4) is 0 Å². The lowest BCUT2D eigenvalue weighted by Crippen LogP contribution is -2.33. The summed E-state index contributed by atoms with van der Waals surface area (Å²) >= 11 is 6.29. The van der Waals surface area contributed by atoms with Crippen molar-refractivity contribution in [2.24, 2.45) is 0 Å². The molecule has 1 N–H and O–H groups in total. The van der Waals surface area contributed by atoms with Gasteiger partial charge in [-0.25, -0.2) is 14.4 Å². The minimum atomic E-state index is -4.46. The highest BCUT2D eigenvalue weighted by molar-refractivity contribution is 6.31. The number of benzene rings is 4. The van der Waals surface area contributed by atoms with Crippen LogP contribution in [0.5, 0.6) is 0 Å². The fourth-order valence-electron chi connectivity index (χ4n) is 4.67. The van der Waals surface area contributed by atoms with Gasteiger partial charge in [-0.2, -0.15) is 13.2 Å². The first-order valence-electron chi connectivity index (χ1n) is 13.6. The molecule has 4 aromatic carbocycles. The summed E-state index contributed by atoms with van der Waals surface area (Å²) in [6, 6.07) is 25.9. The second-order valence-corrected chi connectivity index (χ2v) is 10.4. The number of aromatic nitrogens is 2. The molecule has 1 heterocycles. The van der Waals surface area contributed by atoms with E-state index < -0.39 is 11.7 Å². The van der Waals surface area contributed by atoms with Gasteiger partial charge in [0, 0.05) is 42.0 Å². The third-order valence-electron chi connectivity index (χ3n) is 6.91. The fourth-order valence-corrected chi connectivity index (χ4v) is 4.84. The SMILES string of the molecule is O=C(CCN(CCc1ccccc1)c1nc(-c2ccc(F)cc2)nc2cc(Cl)ccc12)NCc1cccc(C(F)(F)F)c1. The first-order valence-corrected chi connectivity index (χ1v) is 14.0. The van der Waals surface area contributed by atoms with E-state index in [0.29, 0.717) is 46.3 Å². The highest BCUT2D eigenvalue weighted by Gasteiger charge is 2.30. The van der Waals surface area contributed by atoms with E-state index in [2.05, 4.69) is 10.3 Å². The van der Waals surface area contributed by atoms with Gasteiger partial charge in [0.25, 0.3) is 0 Å². The van der Waals surface area contributed by atoms with Crippen molar-refractivity contribution in [2.75, 3.05) is 18.0 Å². The number of fused-ring (bicyclic) bond motifs is 1. The number of hydrogen-bond acceptors (Lipinski definition) is 4. The van der Waals surface area contributed by atoms with Crippen LogP contribution in [-0.2, 0) is 23.9 Å². The monoisotopic (exact) mass is 606 g/mol. The van der Waals surface area contributed by atoms with Gasteiger partial charge < -0.3 is 10.2 Å². The highest BCUT2D eigenvalue weighted by atomic mass is 35.5. The molecule has 0 spiro atoms. The minimum Gasteiger partial charge on any atom is -0.355 e. The Labute approximate surface area is 251 Å². The summed E-state index contributed by atoms with van der Waals surface area (Å²) in [5.41, 5.74) is 1.90. The quantitative estimate of drug-likeness (QED) is 0.164. The first kappa shape index (κ1) is 30.0. The number of hydrogen-bond donors (Lipinski definition) is 1. The average Bonchev–Trinajstić information content (AvgIpc) is 3.00. The number of amides is 1. The molecule has 5 nitrogen and oxygen atoms in total. The van der Waals surface area contributed by atoms with Gasteiger partial charge in [-0.15, -0.1) is 0 Å². The van der Waals surface area contributed by atoms with Crippen molar-refractivity contribution in [1.82, 2.24) is 15.3 Å². The summed E-state index contributed by atoms with van der Waals surface area (Å²) in [5.74, 6) is 0.266. The highest BCUT2D eigenvalue weighted by Crippen LogP contribution is 2.31. The van der Waals surface area contributed by atoms with Gasteiger partial charge in [0.15, 0.2) is 5.82 Å². The molecule has 0 radical (unpaired) electrons. The van der Waals surface area contributed by atoms with Crippen LogP contribution in [0.2, 0.25) is 5.02 Å². The maximum Gasteiger partial charge on any atom is 0.416 e. The molecule has 10 heteroatoms. The molecule has 220 valence electrons. The van der Waals surface area contributed by atoms with Crippen molar-refractivity contribution in [1.29, 1.82) is 0 Å². The number of carbonyl (C=O) groups excluding carboxylic acids is 1. The van der Waals surface area contributed by atoms with Gasteiger partial charge in [0.2, 0.25) is 5.91 Å². The van der Waals surface area contributed by atoms with Gasteiger partial charge in [0.1, 0.15) is 11.6 Å². The maximum absolute atomic E-state index is 13.6. The van der Waals surface area contributed by atoms with E-state index in [1.807, 2.05) is 41.3 Å². The first-order chi connectivity index (χ1) is 20.7. The predicted octanol–water partition coefficient (Wildman–Crippen LogP) is 7.86. The molecule has 0 aliphatic rings. The van der Waals surface area contributed by atoms with E-state index in [9.17, 15) is 22.4 Å². The Morgan fingerprint density at radius 1 is 0.837 bits per heavy atom. The molecular weight excluding hydrogens is 580 g/mol. The largest absolute Gasteiger partial charge is 0.416 e. The molecule has 0 aliphatic heterocycles. The van der Waals surface area contributed by atoms with Crippen molar-refractivity contribution in [3.8, 4) is 11.4 Å². The minimum absolute atomic E-state index is 0.0313. The van der Waals surface area contributed by atoms with E-state index >= 15 is 0 Å². The smallest absolute Gasteiger partial charge is 0.355 e. The van der Waals surface area contributed by atoms with Crippen LogP contribution < -0.4 is 10.2 Å². The second kappa shape index (κ2) is 13.2. The Morgan fingerprint density at radius 2 is 1.58 bits per heavy atom. The predicted molar refractivity (Wildman–Crippen MR) is 160 cm³/mol. The molecule has 43 heavy (non-hydrogen) atoms. The summed E-state index contributed by atoms with van der Waals surface area (Å²) < 4.78 is 52.9. The third-order valence-corrected chi connectivity index (χ3v) is 7.14. The Bertz CT molecular complexity index is 1710. The third kappa shape index (κ3) is 7.87. The summed E-state index contributed by atoms with van der Waals surface area (Å²) in [6.45, 7) is 0.762. The summed E-state index contributed by atoms with van der Waals surface area (Å²) in [6.07, 6.45) is -3.73. The molecule has 1 aromatic heterocycles. The number of rotatable bonds is 10. The lowest BCUT2D eigenvalue weighted by Gasteiger charge is -2.25. The van der Waals surface area contributed by atoms with Crippen LogP contribution in [0.4, 0.5) is 23.4 Å². The van der Waals surface area contributed by atoms with Crippen LogP contribution in [0.1, 0.15) is 23.1 Å². The van der Waals surface area contributed by atoms with Gasteiger partial charge in [-0.3, -0.25) is 4.79 Å². The van der Waals surface area contributed by atoms with E-state index in [4.69, 9.17) is 16.6 Å². The van der Waals surface area contributed by atoms with E-state index in [1.165, 1.54) is 24.3 Å². The average molecular weight is 607 g/mol. The van der Waals surface area contributed by atoms with E-state index in [0.717, 1.165) is 23.1 Å². The summed E-state index contributed by atoms with van der Waals surface area (Å²) in [5, 5.41) is 3.95. The molecule has 0 atom stereocenters. The Balaban J connectivity index is 1.41. The molecule has 0 aliphatic carbocycles. The number of carbonyl (C=O) groups is 1. The van der Waals surface area contributed by atoms with Crippen molar-refractivity contribution < 1.29 is 22.4 Å². The molecule has 1 amide bonds. The fraction of sp³-hybridized carbons (Fsp3) is 0.182. The Hall–Kier alpha value is -4.50. The van der Waals surface area contributed by atoms with Crippen LogP contribution in [-0.4, -0.2) is 29.0 Å². The normalized spacial score (nSPS) is 11.5. The van der Waals surface area contributed by atoms with Crippen LogP contribution >= 0.6 is 11.6 Å². The number of halogens is 5. The van der Waals surface area contributed by atoms with Crippen molar-refractivity contribution >= 4 is 34.2 Å². The lowest BCUT2D eigenvalue weighted by molar-refractivity contribution is -0.137. The number of alkyl halides is 3. The molecule has 0 bridgehead atoms. The number of anilines is 1. The number of nitrogens with zero attached hydrogens (tertiary/aromatic N) is 3. The van der Waals surface area contributed by atoms with Gasteiger partial charge in [-0.05, 0) is 72.1 Å². The molecule has 0 fully saturated rings. The van der Waals surface area contributed by atoms with Gasteiger partial charge in [-0.1, -0.05) is 54.1 Å². The molecule has 5 aromatic rings. The standard InChI is InChI=1S/C33H27ClF4N4O/c34-26-11-14-28-29(20-26)40-31(24-9-12-27(35)13-10-24)41-32(28)42(17-15-22-5-2-1-3-6-22)18-16-30(43)39-21-23-7-4-8-25(19-23)33(36,37)38/h1-14,19-20H,15-18,21H2,(H,39,43). The maximum atomic E-state index is 13.6. The molecule has 5 rings (SSSR count). The zero-order valence-corrected chi connectivity index (χ0v) is 23.7. The number of nitrogens with one attached hydrogen (secondary N) is 1. The summed E-state index contributed by atoms with van der Waals surface area (Å²) in [7, 11) is 0. The van der Waals surface area contributed by atoms with Crippen LogP contribution in [0.15, 0.2) is 97.1 Å². The molecule has 0 unspecified atom stereocenters. The van der Waals surface area contributed by atoms with Crippen molar-refractivity contribution in [3.63, 3.8) is 0 Å². The zero-order valence-electron chi connectivity index (χ0n) is 22.9. The van der Waals surface area contributed by atoms with Gasteiger partial charge in [0.05, 0.1) is 11.1 Å². The summed E-state index contributed by atoms with van der Waals surface area (Å²) in [4.78, 5) is 24.4. The van der Waals surface area contributed by atoms with Crippen molar-refractivity contribution in [2.45, 2.75) is 25.6 Å². The van der Waals surface area contributed by atoms with E-state index in [1.54, 1.807) is 24.3 Å². The topological polar surface area (TPSA) is 58.1 Å².